The van der Waals surface area contributed by atoms with Crippen molar-refractivity contribution in [3.8, 4) is 12.3 Å². The number of nitrogens with one attached hydrogen (secondary N) is 3. The van der Waals surface area contributed by atoms with E-state index in [9.17, 15) is 4.79 Å². The number of piperidine rings is 1. The maximum atomic E-state index is 12.9. The van der Waals surface area contributed by atoms with Crippen LogP contribution in [0.2, 0.25) is 0 Å². The van der Waals surface area contributed by atoms with E-state index in [0.29, 0.717) is 77.0 Å². The lowest BCUT2D eigenvalue weighted by molar-refractivity contribution is -0.138. The van der Waals surface area contributed by atoms with E-state index >= 15 is 0 Å². The minimum atomic E-state index is 0.0587. The topological polar surface area (TPSA) is 120 Å². The number of terminal acetylenes is 1. The molecule has 1 heterocycles. The molecule has 228 valence electrons. The van der Waals surface area contributed by atoms with Gasteiger partial charge in [0.25, 0.3) is 0 Å². The Morgan fingerprint density at radius 3 is 2.25 bits per heavy atom. The van der Waals surface area contributed by atoms with Gasteiger partial charge in [-0.25, -0.2) is 0 Å². The Kier molecular flexibility index (Phi) is 15.7. The predicted molar refractivity (Wildman–Crippen MR) is 158 cm³/mol. The number of amidine groups is 2. The van der Waals surface area contributed by atoms with Crippen molar-refractivity contribution >= 4 is 17.6 Å². The molecule has 0 bridgehead atoms. The summed E-state index contributed by atoms with van der Waals surface area (Å²) in [7, 11) is 0. The maximum Gasteiger partial charge on any atom is 0.224 e. The van der Waals surface area contributed by atoms with E-state index in [1.165, 1.54) is 0 Å². The standard InChI is InChI=1S/C30H53N5O5/c1-6-12-37-14-16-39-18-19-40-17-15-38-13-9-28(36)34-11-8-10-30(23-34)20-27(21-30)29(32)35(26(5)31)25(4)22-33-24(3)7-2/h1,24-25,27,31-33H,7-23H2,2-5H3. The molecule has 1 spiro atoms. The number of nitrogens with zero attached hydrogens (tertiary/aromatic N) is 2. The van der Waals surface area contributed by atoms with Crippen LogP contribution in [0.5, 0.6) is 0 Å². The Labute approximate surface area is 241 Å². The summed E-state index contributed by atoms with van der Waals surface area (Å²) in [6, 6.07) is 0.478. The Morgan fingerprint density at radius 1 is 1.07 bits per heavy atom. The molecule has 1 aliphatic carbocycles. The average Bonchev–Trinajstić information content (AvgIpc) is 2.92. The van der Waals surface area contributed by atoms with Crippen molar-refractivity contribution in [2.24, 2.45) is 11.3 Å². The number of likely N-dealkylation sites (tertiary alicyclic amines) is 1. The zero-order valence-electron chi connectivity index (χ0n) is 25.3. The second kappa shape index (κ2) is 18.4. The molecule has 10 heteroatoms. The van der Waals surface area contributed by atoms with Gasteiger partial charge in [-0.15, -0.1) is 6.42 Å². The van der Waals surface area contributed by atoms with Crippen molar-refractivity contribution in [3.05, 3.63) is 0 Å². The monoisotopic (exact) mass is 563 g/mol. The number of carbonyl (C=O) groups excluding carboxylic acids is 1. The molecule has 10 nitrogen and oxygen atoms in total. The SMILES string of the molecule is C#CCOCCOCCOCCOCCC(=O)N1CCCC2(CC(C(=N)N(C(C)=N)C(C)CNC(C)CC)C2)C1. The van der Waals surface area contributed by atoms with Crippen LogP contribution in [-0.4, -0.2) is 112 Å². The van der Waals surface area contributed by atoms with Crippen LogP contribution in [0.4, 0.5) is 0 Å². The Morgan fingerprint density at radius 2 is 1.68 bits per heavy atom. The van der Waals surface area contributed by atoms with Gasteiger partial charge in [0.1, 0.15) is 12.4 Å². The molecule has 2 rings (SSSR count). The molecular weight excluding hydrogens is 510 g/mol. The van der Waals surface area contributed by atoms with Crippen LogP contribution in [0.3, 0.4) is 0 Å². The highest BCUT2D eigenvalue weighted by atomic mass is 16.6. The minimum absolute atomic E-state index is 0.0587. The number of hydrogen-bond donors (Lipinski definition) is 3. The van der Waals surface area contributed by atoms with E-state index in [2.05, 4.69) is 32.0 Å². The largest absolute Gasteiger partial charge is 0.379 e. The van der Waals surface area contributed by atoms with Gasteiger partial charge in [0, 0.05) is 37.6 Å². The van der Waals surface area contributed by atoms with Crippen LogP contribution in [-0.2, 0) is 23.7 Å². The third-order valence-corrected chi connectivity index (χ3v) is 7.96. The molecule has 2 fully saturated rings. The van der Waals surface area contributed by atoms with E-state index in [1.807, 2.05) is 9.80 Å². The Bertz CT molecular complexity index is 826. The normalized spacial score (nSPS) is 21.9. The summed E-state index contributed by atoms with van der Waals surface area (Å²) in [4.78, 5) is 16.7. The molecule has 0 radical (unpaired) electrons. The number of rotatable bonds is 19. The molecule has 2 unspecified atom stereocenters. The molecule has 0 aromatic heterocycles. The van der Waals surface area contributed by atoms with E-state index in [-0.39, 0.29) is 23.3 Å². The summed E-state index contributed by atoms with van der Waals surface area (Å²) in [5, 5.41) is 20.7. The van der Waals surface area contributed by atoms with E-state index in [4.69, 9.17) is 36.2 Å². The first-order valence-electron chi connectivity index (χ1n) is 14.9. The molecule has 2 aliphatic rings. The molecule has 0 aromatic carbocycles. The quantitative estimate of drug-likeness (QED) is 0.0956. The van der Waals surface area contributed by atoms with Gasteiger partial charge in [-0.3, -0.25) is 15.6 Å². The van der Waals surface area contributed by atoms with E-state index < -0.39 is 0 Å². The zero-order valence-corrected chi connectivity index (χ0v) is 25.3. The first-order valence-corrected chi connectivity index (χ1v) is 14.9. The fourth-order valence-electron chi connectivity index (χ4n) is 5.59. The van der Waals surface area contributed by atoms with E-state index in [1.54, 1.807) is 6.92 Å². The van der Waals surface area contributed by atoms with Crippen LogP contribution < -0.4 is 5.32 Å². The lowest BCUT2D eigenvalue weighted by atomic mass is 9.58. The summed E-state index contributed by atoms with van der Waals surface area (Å²) in [5.41, 5.74) is 0.106. The van der Waals surface area contributed by atoms with Crippen molar-refractivity contribution < 1.29 is 23.7 Å². The number of amides is 1. The van der Waals surface area contributed by atoms with Gasteiger partial charge in [0.2, 0.25) is 5.91 Å². The fourth-order valence-corrected chi connectivity index (χ4v) is 5.59. The van der Waals surface area contributed by atoms with Gasteiger partial charge in [0.05, 0.1) is 58.5 Å². The van der Waals surface area contributed by atoms with Crippen molar-refractivity contribution in [3.63, 3.8) is 0 Å². The third-order valence-electron chi connectivity index (χ3n) is 7.96. The highest BCUT2D eigenvalue weighted by molar-refractivity contribution is 5.98. The molecule has 1 aliphatic heterocycles. The Hall–Kier alpha value is -2.03. The van der Waals surface area contributed by atoms with Gasteiger partial charge in [-0.2, -0.15) is 0 Å². The van der Waals surface area contributed by atoms with Crippen LogP contribution in [0.1, 0.15) is 66.2 Å². The van der Waals surface area contributed by atoms with Gasteiger partial charge in [-0.05, 0) is 58.3 Å². The molecular formula is C30H53N5O5. The molecule has 1 saturated carbocycles. The molecule has 3 N–H and O–H groups in total. The number of hydrogen-bond acceptors (Lipinski definition) is 8. The van der Waals surface area contributed by atoms with Crippen LogP contribution in [0, 0.1) is 34.5 Å². The van der Waals surface area contributed by atoms with Gasteiger partial charge < -0.3 is 34.1 Å². The lowest BCUT2D eigenvalue weighted by Gasteiger charge is -2.54. The summed E-state index contributed by atoms with van der Waals surface area (Å²) >= 11 is 0. The minimum Gasteiger partial charge on any atom is -0.379 e. The highest BCUT2D eigenvalue weighted by Crippen LogP contribution is 2.52. The van der Waals surface area contributed by atoms with Gasteiger partial charge in [-0.1, -0.05) is 12.8 Å². The van der Waals surface area contributed by atoms with Crippen molar-refractivity contribution in [1.82, 2.24) is 15.1 Å². The summed E-state index contributed by atoms with van der Waals surface area (Å²) in [6.45, 7) is 14.0. The maximum absolute atomic E-state index is 12.9. The van der Waals surface area contributed by atoms with Crippen molar-refractivity contribution in [2.45, 2.75) is 78.3 Å². The van der Waals surface area contributed by atoms with Crippen LogP contribution in [0.25, 0.3) is 0 Å². The number of ether oxygens (including phenoxy) is 4. The highest BCUT2D eigenvalue weighted by Gasteiger charge is 2.49. The lowest BCUT2D eigenvalue weighted by Crippen LogP contribution is -2.57. The second-order valence-corrected chi connectivity index (χ2v) is 11.3. The molecule has 2 atom stereocenters. The average molecular weight is 564 g/mol. The molecule has 0 aromatic rings. The Balaban J connectivity index is 1.63. The number of carbonyl (C=O) groups is 1. The summed E-state index contributed by atoms with van der Waals surface area (Å²) < 4.78 is 21.6. The molecule has 40 heavy (non-hydrogen) atoms. The van der Waals surface area contributed by atoms with Crippen LogP contribution in [0.15, 0.2) is 0 Å². The third kappa shape index (κ3) is 11.5. The summed E-state index contributed by atoms with van der Waals surface area (Å²) in [5.74, 6) is 3.67. The van der Waals surface area contributed by atoms with Crippen LogP contribution >= 0.6 is 0 Å². The first kappa shape index (κ1) is 34.2. The van der Waals surface area contributed by atoms with Gasteiger partial charge >= 0.3 is 0 Å². The first-order chi connectivity index (χ1) is 19.2. The smallest absolute Gasteiger partial charge is 0.224 e. The summed E-state index contributed by atoms with van der Waals surface area (Å²) in [6.07, 6.45) is 10.5. The zero-order chi connectivity index (χ0) is 29.4. The molecule has 1 saturated heterocycles. The predicted octanol–water partition coefficient (Wildman–Crippen LogP) is 3.15. The fraction of sp³-hybridized carbons (Fsp3) is 0.833. The molecule has 1 amide bonds. The van der Waals surface area contributed by atoms with Gasteiger partial charge in [0.15, 0.2) is 0 Å². The van der Waals surface area contributed by atoms with Crippen molar-refractivity contribution in [1.29, 1.82) is 10.8 Å². The van der Waals surface area contributed by atoms with E-state index in [0.717, 1.165) is 51.7 Å². The second-order valence-electron chi connectivity index (χ2n) is 11.3. The van der Waals surface area contributed by atoms with Crippen molar-refractivity contribution in [2.75, 3.05) is 72.5 Å².